The zero-order valence-corrected chi connectivity index (χ0v) is 20.1. The normalized spacial score (nSPS) is 17.7. The van der Waals surface area contributed by atoms with Crippen molar-refractivity contribution in [3.05, 3.63) is 72.4 Å². The molecule has 1 aliphatic rings. The maximum atomic E-state index is 13.6. The first kappa shape index (κ1) is 24.7. The lowest BCUT2D eigenvalue weighted by atomic mass is 9.81. The summed E-state index contributed by atoms with van der Waals surface area (Å²) in [4.78, 5) is 58.8. The summed E-state index contributed by atoms with van der Waals surface area (Å²) in [6.45, 7) is 2.00. The summed E-state index contributed by atoms with van der Waals surface area (Å²) < 4.78 is 0. The largest absolute Gasteiger partial charge is 0.384 e. The molecule has 0 aliphatic carbocycles. The van der Waals surface area contributed by atoms with Gasteiger partial charge < -0.3 is 11.1 Å². The van der Waals surface area contributed by atoms with Gasteiger partial charge in [0.25, 0.3) is 5.91 Å². The molecular formula is C25H28N8O3. The summed E-state index contributed by atoms with van der Waals surface area (Å²) >= 11 is 0. The maximum Gasteiger partial charge on any atom is 0.325 e. The highest BCUT2D eigenvalue weighted by molar-refractivity contribution is 6.12. The van der Waals surface area contributed by atoms with Crippen molar-refractivity contribution >= 4 is 29.6 Å². The predicted molar refractivity (Wildman–Crippen MR) is 132 cm³/mol. The lowest BCUT2D eigenvalue weighted by Crippen LogP contribution is -2.70. The predicted octanol–water partition coefficient (Wildman–Crippen LogP) is 2.13. The molecule has 3 aromatic heterocycles. The van der Waals surface area contributed by atoms with Gasteiger partial charge in [0.15, 0.2) is 0 Å². The minimum absolute atomic E-state index is 0.174. The number of urea groups is 1. The van der Waals surface area contributed by atoms with Gasteiger partial charge in [-0.2, -0.15) is 0 Å². The SMILES string of the molecule is CCC[C@@H](NC(=O)N1C(=O)[C@H](Cc2ccnc(N)c2)[C@H]1C(=O)N(C)c1ncccn1)c1cccnc1. The molecule has 3 aromatic rings. The van der Waals surface area contributed by atoms with Crippen LogP contribution in [-0.4, -0.2) is 55.8 Å². The Kier molecular flexibility index (Phi) is 7.47. The summed E-state index contributed by atoms with van der Waals surface area (Å²) in [6.07, 6.45) is 9.59. The van der Waals surface area contributed by atoms with Crippen LogP contribution in [-0.2, 0) is 16.0 Å². The third-order valence-corrected chi connectivity index (χ3v) is 6.13. The molecule has 36 heavy (non-hydrogen) atoms. The highest BCUT2D eigenvalue weighted by atomic mass is 16.2. The minimum atomic E-state index is -1.03. The van der Waals surface area contributed by atoms with Gasteiger partial charge in [-0.1, -0.05) is 19.4 Å². The lowest BCUT2D eigenvalue weighted by Gasteiger charge is -2.45. The Morgan fingerprint density at radius 3 is 2.58 bits per heavy atom. The summed E-state index contributed by atoms with van der Waals surface area (Å²) in [6, 6.07) is 6.66. The van der Waals surface area contributed by atoms with E-state index in [0.717, 1.165) is 22.4 Å². The number of likely N-dealkylation sites (N-methyl/N-ethyl adjacent to an activating group) is 1. The van der Waals surface area contributed by atoms with Crippen molar-refractivity contribution in [1.82, 2.24) is 30.2 Å². The topological polar surface area (TPSA) is 147 Å². The Hall–Kier alpha value is -4.41. The Bertz CT molecular complexity index is 1220. The number of nitrogens with one attached hydrogen (secondary N) is 1. The summed E-state index contributed by atoms with van der Waals surface area (Å²) in [5.74, 6) is -1.17. The monoisotopic (exact) mass is 488 g/mol. The zero-order valence-electron chi connectivity index (χ0n) is 20.1. The van der Waals surface area contributed by atoms with E-state index in [2.05, 4.69) is 25.3 Å². The minimum Gasteiger partial charge on any atom is -0.384 e. The van der Waals surface area contributed by atoms with Crippen LogP contribution in [0, 0.1) is 5.92 Å². The smallest absolute Gasteiger partial charge is 0.325 e. The second kappa shape index (κ2) is 10.9. The van der Waals surface area contributed by atoms with E-state index in [-0.39, 0.29) is 18.4 Å². The first-order valence-electron chi connectivity index (χ1n) is 11.7. The third-order valence-electron chi connectivity index (χ3n) is 6.13. The first-order chi connectivity index (χ1) is 17.4. The van der Waals surface area contributed by atoms with E-state index in [1.807, 2.05) is 13.0 Å². The highest BCUT2D eigenvalue weighted by Gasteiger charge is 2.55. The molecular weight excluding hydrogens is 460 g/mol. The van der Waals surface area contributed by atoms with Crippen LogP contribution in [0.3, 0.4) is 0 Å². The Morgan fingerprint density at radius 1 is 1.14 bits per heavy atom. The number of nitrogen functional groups attached to an aromatic ring is 1. The third kappa shape index (κ3) is 5.14. The molecule has 0 spiro atoms. The van der Waals surface area contributed by atoms with E-state index in [1.165, 1.54) is 24.3 Å². The van der Waals surface area contributed by atoms with Gasteiger partial charge in [-0.3, -0.25) is 24.4 Å². The molecule has 3 atom stereocenters. The highest BCUT2D eigenvalue weighted by Crippen LogP contribution is 2.33. The average Bonchev–Trinajstić information content (AvgIpc) is 2.90. The van der Waals surface area contributed by atoms with Gasteiger partial charge >= 0.3 is 6.03 Å². The number of imide groups is 1. The fraction of sp³-hybridized carbons (Fsp3) is 0.320. The molecule has 11 nitrogen and oxygen atoms in total. The number of anilines is 2. The van der Waals surface area contributed by atoms with E-state index in [4.69, 9.17) is 5.73 Å². The van der Waals surface area contributed by atoms with Crippen molar-refractivity contribution in [3.63, 3.8) is 0 Å². The zero-order chi connectivity index (χ0) is 25.7. The number of likely N-dealkylation sites (tertiary alicyclic amines) is 1. The van der Waals surface area contributed by atoms with Crippen LogP contribution in [0.1, 0.15) is 36.9 Å². The number of amides is 4. The molecule has 11 heteroatoms. The number of rotatable bonds is 8. The molecule has 0 unspecified atom stereocenters. The van der Waals surface area contributed by atoms with Crippen LogP contribution in [0.4, 0.5) is 16.6 Å². The Morgan fingerprint density at radius 2 is 1.92 bits per heavy atom. The molecule has 1 aliphatic heterocycles. The van der Waals surface area contributed by atoms with Gasteiger partial charge in [0.05, 0.1) is 12.0 Å². The van der Waals surface area contributed by atoms with Crippen molar-refractivity contribution < 1.29 is 14.4 Å². The van der Waals surface area contributed by atoms with Crippen molar-refractivity contribution in [1.29, 1.82) is 0 Å². The van der Waals surface area contributed by atoms with E-state index >= 15 is 0 Å². The number of pyridine rings is 2. The van der Waals surface area contributed by atoms with Gasteiger partial charge in [0.2, 0.25) is 11.9 Å². The first-order valence-corrected chi connectivity index (χ1v) is 11.7. The molecule has 1 saturated heterocycles. The standard InChI is InChI=1S/C25H28N8O3/c1-3-6-19(17-7-4-9-27-15-17)31-25(36)33-21(23(35)32(2)24-29-10-5-11-30-24)18(22(33)34)13-16-8-12-28-20(26)14-16/h4-5,7-12,14-15,18-19,21H,3,6,13H2,1-2H3,(H2,26,28)(H,31,36)/t18-,19-,21+/m1/s1. The van der Waals surface area contributed by atoms with Crippen LogP contribution in [0.15, 0.2) is 61.3 Å². The summed E-state index contributed by atoms with van der Waals surface area (Å²) in [7, 11) is 1.52. The number of hydrogen-bond acceptors (Lipinski definition) is 8. The van der Waals surface area contributed by atoms with E-state index < -0.39 is 29.8 Å². The molecule has 4 amide bonds. The number of carbonyl (C=O) groups excluding carboxylic acids is 3. The van der Waals surface area contributed by atoms with Gasteiger partial charge in [-0.05, 0) is 48.2 Å². The molecule has 186 valence electrons. The van der Waals surface area contributed by atoms with Gasteiger partial charge in [0.1, 0.15) is 11.9 Å². The second-order valence-corrected chi connectivity index (χ2v) is 8.58. The van der Waals surface area contributed by atoms with Crippen molar-refractivity contribution in [2.45, 2.75) is 38.3 Å². The van der Waals surface area contributed by atoms with Crippen LogP contribution < -0.4 is 16.0 Å². The summed E-state index contributed by atoms with van der Waals surface area (Å²) in [5.41, 5.74) is 7.36. The molecule has 0 bridgehead atoms. The number of carbonyl (C=O) groups is 3. The van der Waals surface area contributed by atoms with Gasteiger partial charge in [-0.25, -0.2) is 19.7 Å². The number of aromatic nitrogens is 4. The van der Waals surface area contributed by atoms with Crippen LogP contribution in [0.2, 0.25) is 0 Å². The molecule has 3 N–H and O–H groups in total. The van der Waals surface area contributed by atoms with E-state index in [0.29, 0.717) is 12.2 Å². The average molecular weight is 489 g/mol. The number of nitrogens with zero attached hydrogens (tertiary/aromatic N) is 6. The summed E-state index contributed by atoms with van der Waals surface area (Å²) in [5, 5.41) is 2.92. The molecule has 0 saturated carbocycles. The van der Waals surface area contributed by atoms with Crippen LogP contribution in [0.5, 0.6) is 0 Å². The number of nitrogens with two attached hydrogens (primary N) is 1. The van der Waals surface area contributed by atoms with Gasteiger partial charge in [0, 0.05) is 38.0 Å². The van der Waals surface area contributed by atoms with Gasteiger partial charge in [-0.15, -0.1) is 0 Å². The number of β-lactam (4-membered cyclic amide) rings is 1. The molecule has 0 aromatic carbocycles. The Labute approximate surface area is 208 Å². The van der Waals surface area contributed by atoms with E-state index in [1.54, 1.807) is 42.9 Å². The number of hydrogen-bond donors (Lipinski definition) is 2. The fourth-order valence-corrected chi connectivity index (χ4v) is 4.30. The Balaban J connectivity index is 1.60. The fourth-order valence-electron chi connectivity index (χ4n) is 4.30. The molecule has 0 radical (unpaired) electrons. The van der Waals surface area contributed by atoms with Crippen molar-refractivity contribution in [2.24, 2.45) is 5.92 Å². The molecule has 1 fully saturated rings. The maximum absolute atomic E-state index is 13.6. The van der Waals surface area contributed by atoms with Crippen molar-refractivity contribution in [3.8, 4) is 0 Å². The van der Waals surface area contributed by atoms with Crippen LogP contribution >= 0.6 is 0 Å². The van der Waals surface area contributed by atoms with E-state index in [9.17, 15) is 14.4 Å². The van der Waals surface area contributed by atoms with Crippen molar-refractivity contribution in [2.75, 3.05) is 17.7 Å². The quantitative estimate of drug-likeness (QED) is 0.458. The molecule has 4 rings (SSSR count). The lowest BCUT2D eigenvalue weighted by molar-refractivity contribution is -0.156. The molecule has 4 heterocycles. The second-order valence-electron chi connectivity index (χ2n) is 8.58. The van der Waals surface area contributed by atoms with Crippen LogP contribution in [0.25, 0.3) is 0 Å².